The Labute approximate surface area is 281 Å². The zero-order valence-electron chi connectivity index (χ0n) is 27.1. The molecule has 0 aliphatic carbocycles. The molecule has 8 aromatic rings. The van der Waals surface area contributed by atoms with Gasteiger partial charge in [-0.3, -0.25) is 0 Å². The molecule has 0 N–H and O–H groups in total. The average Bonchev–Trinajstić information content (AvgIpc) is 3.48. The predicted molar refractivity (Wildman–Crippen MR) is 204 cm³/mol. The zero-order valence-corrected chi connectivity index (χ0v) is 27.1. The van der Waals surface area contributed by atoms with Crippen molar-refractivity contribution in [3.05, 3.63) is 175 Å². The molecule has 0 saturated heterocycles. The van der Waals surface area contributed by atoms with Crippen LogP contribution in [0.2, 0.25) is 0 Å². The molecule has 0 saturated carbocycles. The van der Waals surface area contributed by atoms with E-state index < -0.39 is 0 Å². The Kier molecular flexibility index (Phi) is 5.75. The van der Waals surface area contributed by atoms with Gasteiger partial charge in [-0.1, -0.05) is 153 Å². The van der Waals surface area contributed by atoms with Crippen LogP contribution in [0.3, 0.4) is 0 Å². The number of anilines is 3. The third-order valence-electron chi connectivity index (χ3n) is 10.8. The van der Waals surface area contributed by atoms with Gasteiger partial charge in [0.25, 0.3) is 0 Å². The number of fused-ring (bicyclic) bond motifs is 7. The fourth-order valence-corrected chi connectivity index (χ4v) is 8.69. The van der Waals surface area contributed by atoms with Gasteiger partial charge in [0.2, 0.25) is 6.71 Å². The fraction of sp³-hybridized carbons (Fsp3) is 0.0667. The van der Waals surface area contributed by atoms with Crippen molar-refractivity contribution in [2.24, 2.45) is 0 Å². The van der Waals surface area contributed by atoms with Crippen LogP contribution in [0.1, 0.15) is 25.0 Å². The quantitative estimate of drug-likeness (QED) is 0.181. The van der Waals surface area contributed by atoms with Crippen molar-refractivity contribution in [2.75, 3.05) is 4.90 Å². The Morgan fingerprint density at radius 2 is 1.21 bits per heavy atom. The van der Waals surface area contributed by atoms with Crippen molar-refractivity contribution < 1.29 is 0 Å². The highest BCUT2D eigenvalue weighted by atomic mass is 15.2. The molecule has 1 aromatic heterocycles. The van der Waals surface area contributed by atoms with Crippen LogP contribution in [0, 0.1) is 0 Å². The standard InChI is InChI=1S/C45H33BN2/c1-45(2)36-22-10-12-26-41(36)48-42-28-27-32(29-39(42)46(31-17-7-4-8-18-31)38-24-14-23-37(45)44(38)48)47-40-25-11-9-19-34(40)35-21-13-20-33(43(35)47)30-15-5-3-6-16-30/h3-29H,1-2H3. The van der Waals surface area contributed by atoms with Gasteiger partial charge >= 0.3 is 0 Å². The van der Waals surface area contributed by atoms with Crippen molar-refractivity contribution >= 4 is 62.0 Å². The van der Waals surface area contributed by atoms with Crippen LogP contribution in [-0.2, 0) is 5.41 Å². The number of rotatable bonds is 3. The van der Waals surface area contributed by atoms with E-state index in [-0.39, 0.29) is 12.1 Å². The molecule has 0 unspecified atom stereocenters. The Balaban J connectivity index is 1.30. The average molecular weight is 613 g/mol. The topological polar surface area (TPSA) is 8.17 Å². The Bertz CT molecular complexity index is 2550. The minimum atomic E-state index is -0.117. The first-order chi connectivity index (χ1) is 23.6. The van der Waals surface area contributed by atoms with E-state index in [0.717, 1.165) is 0 Å². The molecule has 0 fully saturated rings. The van der Waals surface area contributed by atoms with Crippen molar-refractivity contribution in [2.45, 2.75) is 19.3 Å². The lowest BCUT2D eigenvalue weighted by Gasteiger charge is -2.47. The summed E-state index contributed by atoms with van der Waals surface area (Å²) in [6.45, 7) is 4.85. The van der Waals surface area contributed by atoms with E-state index in [1.807, 2.05) is 0 Å². The Morgan fingerprint density at radius 1 is 0.521 bits per heavy atom. The Hall–Kier alpha value is -5.80. The molecule has 10 rings (SSSR count). The highest BCUT2D eigenvalue weighted by molar-refractivity contribution is 6.98. The SMILES string of the molecule is CC1(C)c2ccccc2N2c3ccc(-n4c5ccccc5c5cccc(-c6ccccc6)c54)cc3B(c3ccccc3)c3cccc1c32. The van der Waals surface area contributed by atoms with Gasteiger partial charge in [-0.25, -0.2) is 0 Å². The normalized spacial score (nSPS) is 14.1. The van der Waals surface area contributed by atoms with Gasteiger partial charge in [0.05, 0.1) is 16.7 Å². The molecule has 0 amide bonds. The number of benzene rings is 7. The van der Waals surface area contributed by atoms with Gasteiger partial charge in [0.1, 0.15) is 0 Å². The molecule has 48 heavy (non-hydrogen) atoms. The minimum Gasteiger partial charge on any atom is -0.311 e. The maximum atomic E-state index is 2.55. The summed E-state index contributed by atoms with van der Waals surface area (Å²) in [6, 6.07) is 60.6. The van der Waals surface area contributed by atoms with Crippen molar-refractivity contribution in [1.29, 1.82) is 0 Å². The number of aromatic nitrogens is 1. The summed E-state index contributed by atoms with van der Waals surface area (Å²) >= 11 is 0. The van der Waals surface area contributed by atoms with Crippen LogP contribution in [0.25, 0.3) is 38.6 Å². The predicted octanol–water partition coefficient (Wildman–Crippen LogP) is 9.39. The second-order valence-corrected chi connectivity index (χ2v) is 13.7. The summed E-state index contributed by atoms with van der Waals surface area (Å²) in [4.78, 5) is 2.55. The maximum absolute atomic E-state index is 2.55. The van der Waals surface area contributed by atoms with Crippen LogP contribution in [0.15, 0.2) is 164 Å². The zero-order chi connectivity index (χ0) is 32.0. The molecule has 0 spiro atoms. The van der Waals surface area contributed by atoms with Gasteiger partial charge in [0, 0.05) is 38.8 Å². The van der Waals surface area contributed by atoms with E-state index in [9.17, 15) is 0 Å². The molecule has 0 bridgehead atoms. The molecule has 3 heteroatoms. The van der Waals surface area contributed by atoms with Gasteiger partial charge < -0.3 is 9.47 Å². The summed E-state index contributed by atoms with van der Waals surface area (Å²) in [5.74, 6) is 0. The third-order valence-corrected chi connectivity index (χ3v) is 10.8. The maximum Gasteiger partial charge on any atom is 0.246 e. The monoisotopic (exact) mass is 612 g/mol. The molecular formula is C45H33BN2. The van der Waals surface area contributed by atoms with Crippen LogP contribution in [-0.4, -0.2) is 11.3 Å². The Morgan fingerprint density at radius 3 is 2.06 bits per heavy atom. The molecule has 226 valence electrons. The number of para-hydroxylation sites is 4. The van der Waals surface area contributed by atoms with E-state index in [1.54, 1.807) is 0 Å². The summed E-state index contributed by atoms with van der Waals surface area (Å²) in [6.07, 6.45) is 0. The fourth-order valence-electron chi connectivity index (χ4n) is 8.69. The summed E-state index contributed by atoms with van der Waals surface area (Å²) in [5.41, 5.74) is 16.6. The van der Waals surface area contributed by atoms with Gasteiger partial charge in [0.15, 0.2) is 0 Å². The van der Waals surface area contributed by atoms with E-state index in [0.29, 0.717) is 0 Å². The summed E-state index contributed by atoms with van der Waals surface area (Å²) < 4.78 is 2.49. The van der Waals surface area contributed by atoms with Crippen molar-refractivity contribution in [1.82, 2.24) is 4.57 Å². The number of nitrogens with zero attached hydrogens (tertiary/aromatic N) is 2. The number of hydrogen-bond donors (Lipinski definition) is 0. The lowest BCUT2D eigenvalue weighted by atomic mass is 9.34. The molecule has 3 heterocycles. The highest BCUT2D eigenvalue weighted by Crippen LogP contribution is 2.52. The van der Waals surface area contributed by atoms with Gasteiger partial charge in [-0.2, -0.15) is 0 Å². The summed E-state index contributed by atoms with van der Waals surface area (Å²) in [7, 11) is 0. The van der Waals surface area contributed by atoms with Gasteiger partial charge in [-0.15, -0.1) is 0 Å². The number of hydrogen-bond acceptors (Lipinski definition) is 1. The van der Waals surface area contributed by atoms with Crippen LogP contribution >= 0.6 is 0 Å². The molecular weight excluding hydrogens is 579 g/mol. The molecule has 2 nitrogen and oxygen atoms in total. The molecule has 7 aromatic carbocycles. The lowest BCUT2D eigenvalue weighted by molar-refractivity contribution is 0.632. The molecule has 2 aliphatic heterocycles. The second kappa shape index (κ2) is 10.1. The van der Waals surface area contributed by atoms with E-state index in [4.69, 9.17) is 0 Å². The summed E-state index contributed by atoms with van der Waals surface area (Å²) in [5, 5.41) is 2.54. The lowest BCUT2D eigenvalue weighted by Crippen LogP contribution is -2.58. The molecule has 2 aliphatic rings. The highest BCUT2D eigenvalue weighted by Gasteiger charge is 2.44. The second-order valence-electron chi connectivity index (χ2n) is 13.7. The third kappa shape index (κ3) is 3.70. The van der Waals surface area contributed by atoms with Crippen LogP contribution in [0.4, 0.5) is 17.1 Å². The van der Waals surface area contributed by atoms with Crippen molar-refractivity contribution in [3.8, 4) is 16.8 Å². The molecule has 0 radical (unpaired) electrons. The van der Waals surface area contributed by atoms with E-state index in [1.165, 1.54) is 83.2 Å². The van der Waals surface area contributed by atoms with Crippen molar-refractivity contribution in [3.63, 3.8) is 0 Å². The first kappa shape index (κ1) is 27.3. The first-order valence-electron chi connectivity index (χ1n) is 16.9. The smallest absolute Gasteiger partial charge is 0.246 e. The first-order valence-corrected chi connectivity index (χ1v) is 16.9. The van der Waals surface area contributed by atoms with E-state index in [2.05, 4.69) is 187 Å². The van der Waals surface area contributed by atoms with Gasteiger partial charge in [-0.05, 0) is 57.9 Å². The largest absolute Gasteiger partial charge is 0.311 e. The van der Waals surface area contributed by atoms with Crippen LogP contribution < -0.4 is 21.3 Å². The van der Waals surface area contributed by atoms with Crippen LogP contribution in [0.5, 0.6) is 0 Å². The van der Waals surface area contributed by atoms with E-state index >= 15 is 0 Å². The minimum absolute atomic E-state index is 0.0927. The molecule has 0 atom stereocenters.